The molecule has 0 amide bonds. The van der Waals surface area contributed by atoms with Crippen LogP contribution < -0.4 is 4.74 Å². The molecule has 0 radical (unpaired) electrons. The van der Waals surface area contributed by atoms with Crippen LogP contribution in [0.25, 0.3) is 10.9 Å². The standard InChI is InChI=1S/C28H30F4N2O3S/c1-37-19-4-5-24-21(15-19)20(23(31)17-33-24)3-2-6-28(16-26(35)36)7-9-34(10-8-28)11-12-38-25-14-18(29)13-22(30)27(25)32/h4-5,13-15,17H,2-3,6-12,16H2,1H3,(H,35,36). The summed E-state index contributed by atoms with van der Waals surface area (Å²) < 4.78 is 60.7. The molecule has 0 saturated carbocycles. The number of aromatic nitrogens is 1. The van der Waals surface area contributed by atoms with Gasteiger partial charge in [-0.1, -0.05) is 0 Å². The number of fused-ring (bicyclic) bond motifs is 1. The molecule has 2 aromatic carbocycles. The minimum absolute atomic E-state index is 0.0385. The molecule has 1 aliphatic heterocycles. The number of benzene rings is 2. The van der Waals surface area contributed by atoms with Crippen molar-refractivity contribution in [1.82, 2.24) is 9.88 Å². The number of methoxy groups -OCH3 is 1. The zero-order valence-corrected chi connectivity index (χ0v) is 21.9. The molecular formula is C28H30F4N2O3S. The van der Waals surface area contributed by atoms with E-state index in [4.69, 9.17) is 4.74 Å². The van der Waals surface area contributed by atoms with Gasteiger partial charge in [0, 0.05) is 28.6 Å². The highest BCUT2D eigenvalue weighted by Crippen LogP contribution is 2.40. The zero-order valence-electron chi connectivity index (χ0n) is 21.1. The first kappa shape index (κ1) is 28.2. The highest BCUT2D eigenvalue weighted by Gasteiger charge is 2.36. The summed E-state index contributed by atoms with van der Waals surface area (Å²) >= 11 is 1.06. The molecule has 204 valence electrons. The van der Waals surface area contributed by atoms with Crippen LogP contribution in [0.2, 0.25) is 0 Å². The molecule has 0 spiro atoms. The molecule has 0 bridgehead atoms. The maximum absolute atomic E-state index is 14.7. The molecular weight excluding hydrogens is 520 g/mol. The number of hydrogen-bond donors (Lipinski definition) is 1. The summed E-state index contributed by atoms with van der Waals surface area (Å²) in [5.74, 6) is -3.26. The van der Waals surface area contributed by atoms with Gasteiger partial charge in [-0.25, -0.2) is 17.6 Å². The third-order valence-electron chi connectivity index (χ3n) is 7.34. The van der Waals surface area contributed by atoms with E-state index in [1.54, 1.807) is 25.3 Å². The van der Waals surface area contributed by atoms with Crippen molar-refractivity contribution in [1.29, 1.82) is 0 Å². The monoisotopic (exact) mass is 550 g/mol. The number of aryl methyl sites for hydroxylation is 1. The van der Waals surface area contributed by atoms with Crippen molar-refractivity contribution < 1.29 is 32.2 Å². The molecule has 1 fully saturated rings. The topological polar surface area (TPSA) is 62.7 Å². The van der Waals surface area contributed by atoms with Gasteiger partial charge in [0.15, 0.2) is 11.6 Å². The number of carbonyl (C=O) groups is 1. The Hall–Kier alpha value is -2.85. The average molecular weight is 551 g/mol. The minimum atomic E-state index is -1.21. The Labute approximate surface area is 223 Å². The Bertz CT molecular complexity index is 1300. The largest absolute Gasteiger partial charge is 0.497 e. The van der Waals surface area contributed by atoms with Crippen molar-refractivity contribution in [2.24, 2.45) is 5.41 Å². The quantitative estimate of drug-likeness (QED) is 0.168. The number of carboxylic acid groups (broad SMARTS) is 1. The second kappa shape index (κ2) is 12.3. The maximum atomic E-state index is 14.7. The van der Waals surface area contributed by atoms with E-state index < -0.39 is 28.8 Å². The van der Waals surface area contributed by atoms with Crippen molar-refractivity contribution in [2.45, 2.75) is 43.4 Å². The van der Waals surface area contributed by atoms with Gasteiger partial charge in [0.25, 0.3) is 0 Å². The third kappa shape index (κ3) is 6.77. The summed E-state index contributed by atoms with van der Waals surface area (Å²) in [5, 5.41) is 10.3. The first-order chi connectivity index (χ1) is 18.2. The van der Waals surface area contributed by atoms with E-state index in [0.717, 1.165) is 17.8 Å². The predicted octanol–water partition coefficient (Wildman–Crippen LogP) is 6.47. The van der Waals surface area contributed by atoms with Crippen LogP contribution in [0.5, 0.6) is 5.75 Å². The van der Waals surface area contributed by atoms with Crippen molar-refractivity contribution in [3.8, 4) is 5.75 Å². The molecule has 5 nitrogen and oxygen atoms in total. The van der Waals surface area contributed by atoms with Crippen molar-refractivity contribution in [3.63, 3.8) is 0 Å². The third-order valence-corrected chi connectivity index (χ3v) is 8.33. The fourth-order valence-corrected chi connectivity index (χ4v) is 6.22. The molecule has 0 atom stereocenters. The van der Waals surface area contributed by atoms with Crippen LogP contribution in [0.4, 0.5) is 17.6 Å². The van der Waals surface area contributed by atoms with Gasteiger partial charge in [-0.2, -0.15) is 0 Å². The lowest BCUT2D eigenvalue weighted by molar-refractivity contribution is -0.140. The Morgan fingerprint density at radius 3 is 2.61 bits per heavy atom. The van der Waals surface area contributed by atoms with E-state index in [-0.39, 0.29) is 17.1 Å². The van der Waals surface area contributed by atoms with E-state index in [9.17, 15) is 27.5 Å². The highest BCUT2D eigenvalue weighted by molar-refractivity contribution is 7.99. The van der Waals surface area contributed by atoms with Gasteiger partial charge in [0.05, 0.1) is 25.2 Å². The second-order valence-electron chi connectivity index (χ2n) is 9.78. The van der Waals surface area contributed by atoms with E-state index >= 15 is 0 Å². The minimum Gasteiger partial charge on any atom is -0.497 e. The van der Waals surface area contributed by atoms with Crippen molar-refractivity contribution in [3.05, 3.63) is 65.4 Å². The van der Waals surface area contributed by atoms with E-state index in [0.29, 0.717) is 85.8 Å². The summed E-state index contributed by atoms with van der Waals surface area (Å²) in [4.78, 5) is 18.0. The van der Waals surface area contributed by atoms with Gasteiger partial charge in [-0.05, 0) is 80.4 Å². The molecule has 0 aliphatic carbocycles. The van der Waals surface area contributed by atoms with E-state index in [1.807, 2.05) is 0 Å². The van der Waals surface area contributed by atoms with Gasteiger partial charge in [0.1, 0.15) is 17.4 Å². The van der Waals surface area contributed by atoms with Gasteiger partial charge in [-0.15, -0.1) is 11.8 Å². The Kier molecular flexibility index (Phi) is 9.15. The second-order valence-corrected chi connectivity index (χ2v) is 10.9. The number of hydrogen-bond acceptors (Lipinski definition) is 5. The Morgan fingerprint density at radius 2 is 1.89 bits per heavy atom. The normalized spacial score (nSPS) is 15.6. The van der Waals surface area contributed by atoms with Crippen molar-refractivity contribution in [2.75, 3.05) is 32.5 Å². The fourth-order valence-electron chi connectivity index (χ4n) is 5.23. The molecule has 1 aromatic heterocycles. The predicted molar refractivity (Wildman–Crippen MR) is 139 cm³/mol. The fraction of sp³-hybridized carbons (Fsp3) is 0.429. The van der Waals surface area contributed by atoms with Crippen molar-refractivity contribution >= 4 is 28.6 Å². The number of carboxylic acids is 1. The van der Waals surface area contributed by atoms with Crippen LogP contribution in [0.1, 0.15) is 37.7 Å². The molecule has 4 rings (SSSR count). The molecule has 38 heavy (non-hydrogen) atoms. The zero-order chi connectivity index (χ0) is 27.3. The molecule has 1 N–H and O–H groups in total. The van der Waals surface area contributed by atoms with Crippen LogP contribution >= 0.6 is 11.8 Å². The lowest BCUT2D eigenvalue weighted by atomic mass is 9.72. The number of thioether (sulfide) groups is 1. The van der Waals surface area contributed by atoms with Crippen LogP contribution in [-0.4, -0.2) is 53.5 Å². The summed E-state index contributed by atoms with van der Waals surface area (Å²) in [6.07, 6.45) is 4.31. The highest BCUT2D eigenvalue weighted by atomic mass is 32.2. The molecule has 0 unspecified atom stereocenters. The maximum Gasteiger partial charge on any atom is 0.303 e. The Morgan fingerprint density at radius 1 is 1.13 bits per heavy atom. The average Bonchev–Trinajstić information content (AvgIpc) is 2.88. The summed E-state index contributed by atoms with van der Waals surface area (Å²) in [6, 6.07) is 6.85. The summed E-state index contributed by atoms with van der Waals surface area (Å²) in [5.41, 5.74) is 0.828. The molecule has 2 heterocycles. The lowest BCUT2D eigenvalue weighted by Gasteiger charge is -2.41. The smallest absolute Gasteiger partial charge is 0.303 e. The van der Waals surface area contributed by atoms with E-state index in [2.05, 4.69) is 9.88 Å². The molecule has 1 aliphatic rings. The van der Waals surface area contributed by atoms with Crippen LogP contribution in [0, 0.1) is 28.7 Å². The first-order valence-electron chi connectivity index (χ1n) is 12.5. The van der Waals surface area contributed by atoms with Gasteiger partial charge < -0.3 is 14.7 Å². The van der Waals surface area contributed by atoms with Crippen LogP contribution in [0.3, 0.4) is 0 Å². The Balaban J connectivity index is 1.35. The van der Waals surface area contributed by atoms with Gasteiger partial charge in [0.2, 0.25) is 0 Å². The van der Waals surface area contributed by atoms with Crippen LogP contribution in [-0.2, 0) is 11.2 Å². The number of nitrogens with zero attached hydrogens (tertiary/aromatic N) is 2. The number of piperidine rings is 1. The number of rotatable bonds is 11. The van der Waals surface area contributed by atoms with Crippen LogP contribution in [0.15, 0.2) is 41.4 Å². The molecule has 3 aromatic rings. The summed E-state index contributed by atoms with van der Waals surface area (Å²) in [7, 11) is 1.55. The summed E-state index contributed by atoms with van der Waals surface area (Å²) in [6.45, 7) is 1.91. The van der Waals surface area contributed by atoms with Gasteiger partial charge >= 0.3 is 5.97 Å². The van der Waals surface area contributed by atoms with Gasteiger partial charge in [-0.3, -0.25) is 9.78 Å². The number of pyridine rings is 1. The number of aliphatic carboxylic acids is 1. The number of likely N-dealkylation sites (tertiary alicyclic amines) is 1. The van der Waals surface area contributed by atoms with E-state index in [1.165, 1.54) is 6.20 Å². The molecule has 10 heteroatoms. The molecule has 1 saturated heterocycles. The number of ether oxygens (including phenoxy) is 1. The number of halogens is 4. The lowest BCUT2D eigenvalue weighted by Crippen LogP contribution is -2.42. The SMILES string of the molecule is COc1ccc2ncc(F)c(CCCC3(CC(=O)O)CCN(CCSc4cc(F)cc(F)c4F)CC3)c2c1. The first-order valence-corrected chi connectivity index (χ1v) is 13.5.